The second-order valence-corrected chi connectivity index (χ2v) is 4.68. The van der Waals surface area contributed by atoms with Crippen molar-refractivity contribution < 1.29 is 19.7 Å². The molecular weight excluding hydrogens is 248 g/mol. The molecule has 0 radical (unpaired) electrons. The fourth-order valence-corrected chi connectivity index (χ4v) is 1.66. The summed E-state index contributed by atoms with van der Waals surface area (Å²) >= 11 is 0. The molecule has 0 bridgehead atoms. The summed E-state index contributed by atoms with van der Waals surface area (Å²) in [7, 11) is 0. The molecule has 116 valence electrons. The van der Waals surface area contributed by atoms with E-state index in [1.165, 1.54) is 0 Å². The number of nitrogens with two attached hydrogens (primary N) is 1. The Morgan fingerprint density at radius 2 is 1.68 bits per heavy atom. The van der Waals surface area contributed by atoms with Gasteiger partial charge in [0.05, 0.1) is 38.6 Å². The molecule has 0 saturated carbocycles. The standard InChI is InChI=1S/C13H30N2O4/c1-3-13(17)11-15(10-12(2)16)5-7-19-9-8-18-6-4-14/h12-13,16-17H,3-11,14H2,1-2H3. The van der Waals surface area contributed by atoms with E-state index in [4.69, 9.17) is 15.2 Å². The molecule has 4 N–H and O–H groups in total. The molecule has 0 aromatic heterocycles. The molecule has 2 atom stereocenters. The zero-order chi connectivity index (χ0) is 14.5. The molecule has 6 heteroatoms. The molecule has 0 aliphatic carbocycles. The van der Waals surface area contributed by atoms with E-state index in [-0.39, 0.29) is 6.10 Å². The van der Waals surface area contributed by atoms with Crippen molar-refractivity contribution in [1.82, 2.24) is 4.90 Å². The molecule has 2 unspecified atom stereocenters. The Labute approximate surface area is 116 Å². The Kier molecular flexibility index (Phi) is 12.6. The average Bonchev–Trinajstić information content (AvgIpc) is 2.36. The Bertz CT molecular complexity index is 193. The van der Waals surface area contributed by atoms with Crippen LogP contribution in [0.4, 0.5) is 0 Å². The van der Waals surface area contributed by atoms with Gasteiger partial charge in [0.1, 0.15) is 0 Å². The van der Waals surface area contributed by atoms with Crippen molar-refractivity contribution in [2.75, 3.05) is 52.6 Å². The number of aliphatic hydroxyl groups excluding tert-OH is 2. The Morgan fingerprint density at radius 3 is 2.21 bits per heavy atom. The first-order valence-electron chi connectivity index (χ1n) is 7.04. The molecule has 0 spiro atoms. The van der Waals surface area contributed by atoms with E-state index < -0.39 is 6.10 Å². The van der Waals surface area contributed by atoms with Crippen molar-refractivity contribution >= 4 is 0 Å². The predicted octanol–water partition coefficient (Wildman–Crippen LogP) is -0.568. The third-order valence-electron chi connectivity index (χ3n) is 2.65. The highest BCUT2D eigenvalue weighted by Crippen LogP contribution is 1.99. The Balaban J connectivity index is 3.67. The van der Waals surface area contributed by atoms with Gasteiger partial charge in [0.2, 0.25) is 0 Å². The minimum Gasteiger partial charge on any atom is -0.392 e. The molecule has 0 aliphatic rings. The van der Waals surface area contributed by atoms with Crippen molar-refractivity contribution in [3.8, 4) is 0 Å². The highest BCUT2D eigenvalue weighted by molar-refractivity contribution is 4.66. The third kappa shape index (κ3) is 12.5. The van der Waals surface area contributed by atoms with Gasteiger partial charge < -0.3 is 25.4 Å². The van der Waals surface area contributed by atoms with Gasteiger partial charge in [0.15, 0.2) is 0 Å². The largest absolute Gasteiger partial charge is 0.392 e. The van der Waals surface area contributed by atoms with E-state index in [1.54, 1.807) is 6.92 Å². The summed E-state index contributed by atoms with van der Waals surface area (Å²) in [5.41, 5.74) is 5.30. The number of hydrogen-bond donors (Lipinski definition) is 3. The van der Waals surface area contributed by atoms with Gasteiger partial charge in [-0.1, -0.05) is 6.92 Å². The van der Waals surface area contributed by atoms with Gasteiger partial charge in [-0.25, -0.2) is 0 Å². The van der Waals surface area contributed by atoms with Crippen LogP contribution in [0.5, 0.6) is 0 Å². The summed E-state index contributed by atoms with van der Waals surface area (Å²) in [5, 5.41) is 19.1. The highest BCUT2D eigenvalue weighted by Gasteiger charge is 2.12. The highest BCUT2D eigenvalue weighted by atomic mass is 16.5. The zero-order valence-corrected chi connectivity index (χ0v) is 12.3. The number of rotatable bonds is 13. The maximum Gasteiger partial charge on any atom is 0.0701 e. The predicted molar refractivity (Wildman–Crippen MR) is 75.1 cm³/mol. The first kappa shape index (κ1) is 18.8. The second-order valence-electron chi connectivity index (χ2n) is 4.68. The van der Waals surface area contributed by atoms with Gasteiger partial charge in [0.25, 0.3) is 0 Å². The van der Waals surface area contributed by atoms with Crippen LogP contribution >= 0.6 is 0 Å². The van der Waals surface area contributed by atoms with Gasteiger partial charge in [-0.15, -0.1) is 0 Å². The van der Waals surface area contributed by atoms with Crippen molar-refractivity contribution in [3.05, 3.63) is 0 Å². The second kappa shape index (κ2) is 12.8. The molecule has 0 amide bonds. The minimum absolute atomic E-state index is 0.355. The van der Waals surface area contributed by atoms with Crippen LogP contribution in [0.2, 0.25) is 0 Å². The molecule has 19 heavy (non-hydrogen) atoms. The molecule has 0 aromatic carbocycles. The minimum atomic E-state index is -0.406. The van der Waals surface area contributed by atoms with Crippen molar-refractivity contribution in [3.63, 3.8) is 0 Å². The first-order chi connectivity index (χ1) is 9.10. The van der Waals surface area contributed by atoms with E-state index in [9.17, 15) is 10.2 Å². The Morgan fingerprint density at radius 1 is 1.05 bits per heavy atom. The van der Waals surface area contributed by atoms with Crippen LogP contribution < -0.4 is 5.73 Å². The van der Waals surface area contributed by atoms with Gasteiger partial charge in [-0.2, -0.15) is 0 Å². The molecular formula is C13H30N2O4. The van der Waals surface area contributed by atoms with Gasteiger partial charge in [-0.3, -0.25) is 4.90 Å². The van der Waals surface area contributed by atoms with E-state index in [2.05, 4.69) is 0 Å². The Hall–Kier alpha value is -0.240. The molecule has 0 rings (SSSR count). The summed E-state index contributed by atoms with van der Waals surface area (Å²) in [6, 6.07) is 0. The molecule has 0 saturated heterocycles. The maximum atomic E-state index is 9.65. The van der Waals surface area contributed by atoms with Gasteiger partial charge >= 0.3 is 0 Å². The van der Waals surface area contributed by atoms with Crippen molar-refractivity contribution in [2.24, 2.45) is 5.73 Å². The van der Waals surface area contributed by atoms with E-state index in [1.807, 2.05) is 11.8 Å². The molecule has 0 heterocycles. The lowest BCUT2D eigenvalue weighted by Crippen LogP contribution is -2.39. The van der Waals surface area contributed by atoms with Crippen LogP contribution in [0, 0.1) is 0 Å². The van der Waals surface area contributed by atoms with Gasteiger partial charge in [0, 0.05) is 26.2 Å². The monoisotopic (exact) mass is 278 g/mol. The summed E-state index contributed by atoms with van der Waals surface area (Å²) in [4.78, 5) is 2.01. The molecule has 0 aliphatic heterocycles. The van der Waals surface area contributed by atoms with Crippen LogP contribution in [0.1, 0.15) is 20.3 Å². The zero-order valence-electron chi connectivity index (χ0n) is 12.3. The summed E-state index contributed by atoms with van der Waals surface area (Å²) in [5.74, 6) is 0. The third-order valence-corrected chi connectivity index (χ3v) is 2.65. The smallest absolute Gasteiger partial charge is 0.0701 e. The number of aliphatic hydroxyl groups is 2. The van der Waals surface area contributed by atoms with Gasteiger partial charge in [-0.05, 0) is 13.3 Å². The molecule has 6 nitrogen and oxygen atoms in total. The lowest BCUT2D eigenvalue weighted by Gasteiger charge is -2.25. The lowest BCUT2D eigenvalue weighted by molar-refractivity contribution is 0.0239. The number of nitrogens with zero attached hydrogens (tertiary/aromatic N) is 1. The fraction of sp³-hybridized carbons (Fsp3) is 1.00. The van der Waals surface area contributed by atoms with E-state index in [0.29, 0.717) is 59.0 Å². The van der Waals surface area contributed by atoms with Crippen LogP contribution in [0.15, 0.2) is 0 Å². The SMILES string of the molecule is CCC(O)CN(CCOCCOCCN)CC(C)O. The lowest BCUT2D eigenvalue weighted by atomic mass is 10.2. The van der Waals surface area contributed by atoms with Crippen molar-refractivity contribution in [1.29, 1.82) is 0 Å². The number of hydrogen-bond acceptors (Lipinski definition) is 6. The topological polar surface area (TPSA) is 88.2 Å². The van der Waals surface area contributed by atoms with E-state index in [0.717, 1.165) is 0 Å². The van der Waals surface area contributed by atoms with Crippen molar-refractivity contribution in [2.45, 2.75) is 32.5 Å². The van der Waals surface area contributed by atoms with Crippen LogP contribution in [0.25, 0.3) is 0 Å². The molecule has 0 aromatic rings. The normalized spacial score (nSPS) is 14.8. The van der Waals surface area contributed by atoms with E-state index >= 15 is 0 Å². The summed E-state index contributed by atoms with van der Waals surface area (Å²) < 4.78 is 10.6. The van der Waals surface area contributed by atoms with Crippen LogP contribution in [0.3, 0.4) is 0 Å². The summed E-state index contributed by atoms with van der Waals surface area (Å²) in [6.07, 6.45) is -0.0482. The maximum absolute atomic E-state index is 9.65. The average molecular weight is 278 g/mol. The first-order valence-corrected chi connectivity index (χ1v) is 7.04. The molecule has 0 fully saturated rings. The van der Waals surface area contributed by atoms with Crippen LogP contribution in [-0.2, 0) is 9.47 Å². The van der Waals surface area contributed by atoms with Crippen LogP contribution in [-0.4, -0.2) is 79.9 Å². The summed E-state index contributed by atoms with van der Waals surface area (Å²) in [6.45, 7) is 8.22. The quantitative estimate of drug-likeness (QED) is 0.391. The fourth-order valence-electron chi connectivity index (χ4n) is 1.66. The number of ether oxygens (including phenoxy) is 2.